The van der Waals surface area contributed by atoms with Crippen molar-refractivity contribution in [2.24, 2.45) is 0 Å². The molecule has 0 fully saturated rings. The summed E-state index contributed by atoms with van der Waals surface area (Å²) < 4.78 is 4.84. The summed E-state index contributed by atoms with van der Waals surface area (Å²) in [4.78, 5) is 35.3. The van der Waals surface area contributed by atoms with E-state index in [0.717, 1.165) is 0 Å². The summed E-state index contributed by atoms with van der Waals surface area (Å²) in [6.45, 7) is -0.455. The third-order valence-corrected chi connectivity index (χ3v) is 4.07. The van der Waals surface area contributed by atoms with Gasteiger partial charge >= 0.3 is 5.97 Å². The molecular weight excluding hydrogens is 415 g/mol. The van der Waals surface area contributed by atoms with Gasteiger partial charge in [-0.3, -0.25) is 14.4 Å². The molecule has 9 heteroatoms. The van der Waals surface area contributed by atoms with Gasteiger partial charge < -0.3 is 15.4 Å². The van der Waals surface area contributed by atoms with Gasteiger partial charge in [-0.15, -0.1) is 0 Å². The fourth-order valence-electron chi connectivity index (χ4n) is 1.97. The molecule has 0 aliphatic carbocycles. The van der Waals surface area contributed by atoms with E-state index in [4.69, 9.17) is 39.5 Å². The van der Waals surface area contributed by atoms with Crippen molar-refractivity contribution in [2.45, 2.75) is 12.8 Å². The molecule has 0 aliphatic heterocycles. The maximum Gasteiger partial charge on any atom is 0.306 e. The van der Waals surface area contributed by atoms with Crippen molar-refractivity contribution >= 4 is 64.0 Å². The molecule has 0 aromatic heterocycles. The molecule has 2 aromatic carbocycles. The first-order valence-corrected chi connectivity index (χ1v) is 8.93. The Balaban J connectivity index is 1.70. The number of benzene rings is 2. The largest absolute Gasteiger partial charge is 0.456 e. The van der Waals surface area contributed by atoms with Crippen LogP contribution in [0.2, 0.25) is 15.1 Å². The van der Waals surface area contributed by atoms with Gasteiger partial charge in [0.05, 0.1) is 17.1 Å². The van der Waals surface area contributed by atoms with E-state index in [1.54, 1.807) is 36.4 Å². The molecule has 2 aromatic rings. The number of amides is 2. The number of anilines is 2. The van der Waals surface area contributed by atoms with E-state index < -0.39 is 24.4 Å². The van der Waals surface area contributed by atoms with E-state index in [0.29, 0.717) is 26.4 Å². The SMILES string of the molecule is O=C(COC(=O)CCC(=O)Nc1cc(Cl)ccc1Cl)Nc1ccc(Cl)cc1. The summed E-state index contributed by atoms with van der Waals surface area (Å²) in [5, 5.41) is 6.39. The Morgan fingerprint density at radius 3 is 2.19 bits per heavy atom. The van der Waals surface area contributed by atoms with Crippen LogP contribution in [0, 0.1) is 0 Å². The predicted molar refractivity (Wildman–Crippen MR) is 105 cm³/mol. The van der Waals surface area contributed by atoms with Crippen LogP contribution in [0.15, 0.2) is 42.5 Å². The van der Waals surface area contributed by atoms with Crippen LogP contribution < -0.4 is 10.6 Å². The van der Waals surface area contributed by atoms with Crippen molar-refractivity contribution < 1.29 is 19.1 Å². The Hall–Kier alpha value is -2.28. The number of esters is 1. The number of hydrogen-bond donors (Lipinski definition) is 2. The molecule has 0 saturated heterocycles. The number of hydrogen-bond acceptors (Lipinski definition) is 4. The zero-order valence-corrected chi connectivity index (χ0v) is 16.2. The summed E-state index contributed by atoms with van der Waals surface area (Å²) >= 11 is 17.5. The van der Waals surface area contributed by atoms with Crippen LogP contribution in [0.5, 0.6) is 0 Å². The second kappa shape index (κ2) is 10.2. The summed E-state index contributed by atoms with van der Waals surface area (Å²) in [6.07, 6.45) is -0.307. The molecular formula is C18H15Cl3N2O4. The summed E-state index contributed by atoms with van der Waals surface area (Å²) in [5.74, 6) is -1.60. The molecule has 27 heavy (non-hydrogen) atoms. The first-order valence-electron chi connectivity index (χ1n) is 7.79. The van der Waals surface area contributed by atoms with Crippen LogP contribution >= 0.6 is 34.8 Å². The summed E-state index contributed by atoms with van der Waals surface area (Å²) in [7, 11) is 0. The lowest BCUT2D eigenvalue weighted by Gasteiger charge is -2.08. The number of nitrogens with one attached hydrogen (secondary N) is 2. The second-order valence-electron chi connectivity index (χ2n) is 5.39. The van der Waals surface area contributed by atoms with Crippen LogP contribution in [0.1, 0.15) is 12.8 Å². The van der Waals surface area contributed by atoms with E-state index in [1.165, 1.54) is 6.07 Å². The molecule has 0 saturated carbocycles. The third-order valence-electron chi connectivity index (χ3n) is 3.25. The fraction of sp³-hybridized carbons (Fsp3) is 0.167. The molecule has 0 aliphatic rings. The Labute approximate surface area is 170 Å². The predicted octanol–water partition coefficient (Wildman–Crippen LogP) is 4.55. The third kappa shape index (κ3) is 7.46. The van der Waals surface area contributed by atoms with Gasteiger partial charge in [-0.25, -0.2) is 0 Å². The van der Waals surface area contributed by atoms with Crippen LogP contribution in [0.25, 0.3) is 0 Å². The monoisotopic (exact) mass is 428 g/mol. The molecule has 6 nitrogen and oxygen atoms in total. The normalized spacial score (nSPS) is 10.2. The maximum absolute atomic E-state index is 11.9. The zero-order chi connectivity index (χ0) is 19.8. The molecule has 0 radical (unpaired) electrons. The highest BCUT2D eigenvalue weighted by atomic mass is 35.5. The molecule has 0 unspecified atom stereocenters. The van der Waals surface area contributed by atoms with E-state index in [-0.39, 0.29) is 12.8 Å². The Kier molecular flexibility index (Phi) is 7.91. The van der Waals surface area contributed by atoms with Crippen molar-refractivity contribution in [1.82, 2.24) is 0 Å². The van der Waals surface area contributed by atoms with Gasteiger partial charge in [-0.1, -0.05) is 34.8 Å². The van der Waals surface area contributed by atoms with Crippen molar-refractivity contribution in [1.29, 1.82) is 0 Å². The van der Waals surface area contributed by atoms with Crippen LogP contribution in [-0.2, 0) is 19.1 Å². The van der Waals surface area contributed by atoms with Gasteiger partial charge in [0.15, 0.2) is 6.61 Å². The number of halogens is 3. The average molecular weight is 430 g/mol. The lowest BCUT2D eigenvalue weighted by Crippen LogP contribution is -2.21. The second-order valence-corrected chi connectivity index (χ2v) is 6.67. The summed E-state index contributed by atoms with van der Waals surface area (Å²) in [6, 6.07) is 11.1. The van der Waals surface area contributed by atoms with Crippen LogP contribution in [0.3, 0.4) is 0 Å². The van der Waals surface area contributed by atoms with Crippen molar-refractivity contribution in [2.75, 3.05) is 17.2 Å². The van der Waals surface area contributed by atoms with E-state index in [1.807, 2.05) is 0 Å². The highest BCUT2D eigenvalue weighted by Gasteiger charge is 2.12. The minimum Gasteiger partial charge on any atom is -0.456 e. The number of rotatable bonds is 7. The lowest BCUT2D eigenvalue weighted by molar-refractivity contribution is -0.147. The summed E-state index contributed by atoms with van der Waals surface area (Å²) in [5.41, 5.74) is 0.878. The van der Waals surface area contributed by atoms with Gasteiger partial charge in [-0.2, -0.15) is 0 Å². The fourth-order valence-corrected chi connectivity index (χ4v) is 2.43. The van der Waals surface area contributed by atoms with E-state index in [9.17, 15) is 14.4 Å². The van der Waals surface area contributed by atoms with E-state index >= 15 is 0 Å². The van der Waals surface area contributed by atoms with Gasteiger partial charge in [0.1, 0.15) is 0 Å². The minimum absolute atomic E-state index is 0.125. The van der Waals surface area contributed by atoms with E-state index in [2.05, 4.69) is 10.6 Å². The van der Waals surface area contributed by atoms with Gasteiger partial charge in [0.25, 0.3) is 5.91 Å². The molecule has 0 atom stereocenters. The highest BCUT2D eigenvalue weighted by Crippen LogP contribution is 2.25. The van der Waals surface area contributed by atoms with Crippen LogP contribution in [-0.4, -0.2) is 24.4 Å². The number of carbonyl (C=O) groups is 3. The number of ether oxygens (including phenoxy) is 1. The quantitative estimate of drug-likeness (QED) is 0.633. The van der Waals surface area contributed by atoms with Gasteiger partial charge in [0.2, 0.25) is 5.91 Å². The molecule has 142 valence electrons. The first-order chi connectivity index (χ1) is 12.8. The Bertz CT molecular complexity index is 841. The van der Waals surface area contributed by atoms with Gasteiger partial charge in [-0.05, 0) is 42.5 Å². The molecule has 0 heterocycles. The van der Waals surface area contributed by atoms with Crippen molar-refractivity contribution in [3.8, 4) is 0 Å². The molecule has 2 amide bonds. The Morgan fingerprint density at radius 1 is 0.815 bits per heavy atom. The average Bonchev–Trinajstić information content (AvgIpc) is 2.63. The molecule has 2 rings (SSSR count). The van der Waals surface area contributed by atoms with Crippen molar-refractivity contribution in [3.05, 3.63) is 57.5 Å². The maximum atomic E-state index is 11.9. The van der Waals surface area contributed by atoms with Gasteiger partial charge in [0, 0.05) is 22.2 Å². The smallest absolute Gasteiger partial charge is 0.306 e. The topological polar surface area (TPSA) is 84.5 Å². The molecule has 2 N–H and O–H groups in total. The first kappa shape index (κ1) is 21.0. The van der Waals surface area contributed by atoms with Crippen molar-refractivity contribution in [3.63, 3.8) is 0 Å². The highest BCUT2D eigenvalue weighted by molar-refractivity contribution is 6.35. The molecule has 0 bridgehead atoms. The Morgan fingerprint density at radius 2 is 1.48 bits per heavy atom. The number of carbonyl (C=O) groups excluding carboxylic acids is 3. The zero-order valence-electron chi connectivity index (χ0n) is 13.9. The molecule has 0 spiro atoms. The lowest BCUT2D eigenvalue weighted by atomic mass is 10.2. The van der Waals surface area contributed by atoms with Crippen LogP contribution in [0.4, 0.5) is 11.4 Å². The standard InChI is InChI=1S/C18H15Cl3N2O4/c19-11-1-4-13(5-2-11)22-17(25)10-27-18(26)8-7-16(24)23-15-9-12(20)3-6-14(15)21/h1-6,9H,7-8,10H2,(H,22,25)(H,23,24). The minimum atomic E-state index is -0.673.